The number of hydrogen-bond acceptors (Lipinski definition) is 4. The summed E-state index contributed by atoms with van der Waals surface area (Å²) in [7, 11) is 0. The van der Waals surface area contributed by atoms with Crippen molar-refractivity contribution in [3.63, 3.8) is 0 Å². The van der Waals surface area contributed by atoms with Gasteiger partial charge in [0.25, 0.3) is 5.91 Å². The number of aromatic amines is 1. The molecule has 0 bridgehead atoms. The highest BCUT2D eigenvalue weighted by atomic mass is 16.5. The van der Waals surface area contributed by atoms with Crippen molar-refractivity contribution >= 4 is 5.91 Å². The lowest BCUT2D eigenvalue weighted by Gasteiger charge is -2.34. The van der Waals surface area contributed by atoms with Crippen LogP contribution >= 0.6 is 0 Å². The Morgan fingerprint density at radius 3 is 3.14 bits per heavy atom. The third-order valence-corrected chi connectivity index (χ3v) is 3.68. The number of ether oxygens (including phenoxy) is 1. The van der Waals surface area contributed by atoms with Crippen molar-refractivity contribution in [1.82, 2.24) is 14.8 Å². The van der Waals surface area contributed by atoms with Crippen LogP contribution in [-0.4, -0.2) is 51.8 Å². The van der Waals surface area contributed by atoms with Crippen LogP contribution in [-0.2, 0) is 4.74 Å². The third-order valence-electron chi connectivity index (χ3n) is 3.68. The number of aliphatic hydroxyl groups excluding tert-OH is 1. The standard InChI is InChI=1S/C15H18N4O3/c1-11-3-4-13(19-16-5-6-17-19)12(9-11)15(21)18-7-2-8-22-14(18)10-20/h3-6,9,14,20H,2,7-8,10H2,1H3/p+1/t14-/m0/s1. The zero-order chi connectivity index (χ0) is 15.5. The second-order valence-corrected chi connectivity index (χ2v) is 5.25. The maximum atomic E-state index is 12.9. The number of aromatic nitrogens is 3. The van der Waals surface area contributed by atoms with Crippen molar-refractivity contribution in [3.8, 4) is 5.69 Å². The first kappa shape index (κ1) is 14.7. The molecule has 1 fully saturated rings. The molecule has 0 saturated carbocycles. The van der Waals surface area contributed by atoms with E-state index in [1.54, 1.807) is 22.1 Å². The minimum absolute atomic E-state index is 0.165. The number of H-pyrrole nitrogens is 1. The van der Waals surface area contributed by atoms with Crippen LogP contribution in [0.1, 0.15) is 22.3 Å². The molecule has 0 radical (unpaired) electrons. The van der Waals surface area contributed by atoms with Gasteiger partial charge in [0.05, 0.1) is 18.8 Å². The fraction of sp³-hybridized carbons (Fsp3) is 0.400. The normalized spacial score (nSPS) is 18.5. The van der Waals surface area contributed by atoms with E-state index in [0.29, 0.717) is 24.4 Å². The Morgan fingerprint density at radius 2 is 2.41 bits per heavy atom. The molecule has 2 heterocycles. The largest absolute Gasteiger partial charge is 0.392 e. The Balaban J connectivity index is 1.99. The van der Waals surface area contributed by atoms with Gasteiger partial charge in [0.1, 0.15) is 5.69 Å². The second-order valence-electron chi connectivity index (χ2n) is 5.25. The molecule has 0 spiro atoms. The fourth-order valence-corrected chi connectivity index (χ4v) is 2.60. The predicted molar refractivity (Wildman–Crippen MR) is 77.3 cm³/mol. The van der Waals surface area contributed by atoms with Gasteiger partial charge >= 0.3 is 0 Å². The van der Waals surface area contributed by atoms with Crippen LogP contribution in [0, 0.1) is 6.92 Å². The molecule has 1 aromatic heterocycles. The number of nitrogens with zero attached hydrogens (tertiary/aromatic N) is 3. The molecule has 2 N–H and O–H groups in total. The van der Waals surface area contributed by atoms with Gasteiger partial charge in [0.15, 0.2) is 12.4 Å². The van der Waals surface area contributed by atoms with Gasteiger partial charge in [-0.15, -0.1) is 0 Å². The molecule has 2 aromatic rings. The second kappa shape index (κ2) is 6.25. The number of carbonyl (C=O) groups excluding carboxylic acids is 1. The number of aryl methyl sites for hydroxylation is 1. The molecule has 0 aliphatic carbocycles. The van der Waals surface area contributed by atoms with Crippen molar-refractivity contribution in [2.45, 2.75) is 19.6 Å². The summed E-state index contributed by atoms with van der Waals surface area (Å²) in [6.07, 6.45) is 3.48. The van der Waals surface area contributed by atoms with Crippen LogP contribution < -0.4 is 5.10 Å². The van der Waals surface area contributed by atoms with Crippen molar-refractivity contribution < 1.29 is 19.7 Å². The minimum atomic E-state index is -0.587. The van der Waals surface area contributed by atoms with Crippen LogP contribution in [0.5, 0.6) is 0 Å². The Bertz CT molecular complexity index is 657. The maximum Gasteiger partial charge on any atom is 0.258 e. The van der Waals surface area contributed by atoms with Gasteiger partial charge in [-0.2, -0.15) is 5.10 Å². The molecule has 7 heteroatoms. The molecular weight excluding hydrogens is 284 g/mol. The molecule has 0 unspecified atom stereocenters. The monoisotopic (exact) mass is 303 g/mol. The quantitative estimate of drug-likeness (QED) is 0.876. The number of aliphatic hydroxyl groups is 1. The lowest BCUT2D eigenvalue weighted by Crippen LogP contribution is -2.48. The average molecular weight is 303 g/mol. The van der Waals surface area contributed by atoms with E-state index >= 15 is 0 Å². The summed E-state index contributed by atoms with van der Waals surface area (Å²) in [4.78, 5) is 16.0. The summed E-state index contributed by atoms with van der Waals surface area (Å²) in [5, 5.41) is 16.5. The molecule has 3 rings (SSSR count). The summed E-state index contributed by atoms with van der Waals surface area (Å²) < 4.78 is 5.47. The minimum Gasteiger partial charge on any atom is -0.392 e. The first-order valence-corrected chi connectivity index (χ1v) is 7.27. The average Bonchev–Trinajstić information content (AvgIpc) is 3.08. The smallest absolute Gasteiger partial charge is 0.258 e. The van der Waals surface area contributed by atoms with Crippen molar-refractivity contribution in [3.05, 3.63) is 41.7 Å². The Morgan fingerprint density at radius 1 is 1.55 bits per heavy atom. The molecule has 7 nitrogen and oxygen atoms in total. The van der Waals surface area contributed by atoms with E-state index in [4.69, 9.17) is 4.74 Å². The summed E-state index contributed by atoms with van der Waals surface area (Å²) in [6, 6.07) is 5.61. The molecule has 1 amide bonds. The van der Waals surface area contributed by atoms with Crippen LogP contribution in [0.3, 0.4) is 0 Å². The molecular formula is C15H19N4O3+. The highest BCUT2D eigenvalue weighted by Crippen LogP contribution is 2.20. The summed E-state index contributed by atoms with van der Waals surface area (Å²) >= 11 is 0. The molecule has 1 atom stereocenters. The van der Waals surface area contributed by atoms with Crippen molar-refractivity contribution in [2.24, 2.45) is 0 Å². The van der Waals surface area contributed by atoms with E-state index in [-0.39, 0.29) is 12.5 Å². The Kier molecular flexibility index (Phi) is 4.17. The molecule has 1 aromatic carbocycles. The number of rotatable bonds is 3. The van der Waals surface area contributed by atoms with Crippen LogP contribution in [0.2, 0.25) is 0 Å². The Labute approximate surface area is 128 Å². The van der Waals surface area contributed by atoms with Gasteiger partial charge in [-0.3, -0.25) is 4.79 Å². The number of benzene rings is 1. The van der Waals surface area contributed by atoms with Crippen LogP contribution in [0.25, 0.3) is 5.69 Å². The Hall–Kier alpha value is -2.25. The van der Waals surface area contributed by atoms with E-state index in [0.717, 1.165) is 12.0 Å². The fourth-order valence-electron chi connectivity index (χ4n) is 2.60. The first-order chi connectivity index (χ1) is 10.7. The molecule has 116 valence electrons. The van der Waals surface area contributed by atoms with E-state index < -0.39 is 6.23 Å². The van der Waals surface area contributed by atoms with E-state index in [9.17, 15) is 9.90 Å². The van der Waals surface area contributed by atoms with Gasteiger partial charge in [-0.05, 0) is 30.3 Å². The van der Waals surface area contributed by atoms with Gasteiger partial charge in [-0.1, -0.05) is 11.6 Å². The number of nitrogens with one attached hydrogen (secondary N) is 1. The first-order valence-electron chi connectivity index (χ1n) is 7.27. The molecule has 1 aliphatic rings. The number of carbonyl (C=O) groups is 1. The van der Waals surface area contributed by atoms with Gasteiger partial charge in [0.2, 0.25) is 6.20 Å². The predicted octanol–water partition coefficient (Wildman–Crippen LogP) is 0.176. The molecule has 22 heavy (non-hydrogen) atoms. The summed E-state index contributed by atoms with van der Waals surface area (Å²) in [6.45, 7) is 2.85. The lowest BCUT2D eigenvalue weighted by molar-refractivity contribution is -0.481. The maximum absolute atomic E-state index is 12.9. The van der Waals surface area contributed by atoms with E-state index in [2.05, 4.69) is 10.2 Å². The van der Waals surface area contributed by atoms with Gasteiger partial charge < -0.3 is 14.7 Å². The van der Waals surface area contributed by atoms with Crippen molar-refractivity contribution in [2.75, 3.05) is 19.8 Å². The lowest BCUT2D eigenvalue weighted by atomic mass is 10.1. The van der Waals surface area contributed by atoms with Gasteiger partial charge in [0, 0.05) is 11.6 Å². The SMILES string of the molecule is Cc1ccc(-n2ncc[nH+]2)c(C(=O)N2CCCO[C@H]2CO)c1. The summed E-state index contributed by atoms with van der Waals surface area (Å²) in [5.74, 6) is -0.165. The van der Waals surface area contributed by atoms with E-state index in [1.807, 2.05) is 25.1 Å². The number of hydrogen-bond donors (Lipinski definition) is 1. The zero-order valence-corrected chi connectivity index (χ0v) is 12.4. The van der Waals surface area contributed by atoms with Crippen LogP contribution in [0.15, 0.2) is 30.6 Å². The topological polar surface area (TPSA) is 81.7 Å². The van der Waals surface area contributed by atoms with Crippen molar-refractivity contribution in [1.29, 1.82) is 0 Å². The summed E-state index contributed by atoms with van der Waals surface area (Å²) in [5.41, 5.74) is 2.18. The highest BCUT2D eigenvalue weighted by molar-refractivity contribution is 5.98. The number of amides is 1. The van der Waals surface area contributed by atoms with Gasteiger partial charge in [-0.25, -0.2) is 0 Å². The third kappa shape index (κ3) is 2.72. The molecule has 1 saturated heterocycles. The van der Waals surface area contributed by atoms with Crippen LogP contribution in [0.4, 0.5) is 0 Å². The molecule has 1 aliphatic heterocycles. The zero-order valence-electron chi connectivity index (χ0n) is 12.4. The highest BCUT2D eigenvalue weighted by Gasteiger charge is 2.30. The van der Waals surface area contributed by atoms with E-state index in [1.165, 1.54) is 0 Å².